The van der Waals surface area contributed by atoms with Gasteiger partial charge >= 0.3 is 0 Å². The van der Waals surface area contributed by atoms with E-state index in [9.17, 15) is 13.6 Å². The van der Waals surface area contributed by atoms with Gasteiger partial charge in [0.1, 0.15) is 5.82 Å². The van der Waals surface area contributed by atoms with Gasteiger partial charge < -0.3 is 20.7 Å². The van der Waals surface area contributed by atoms with E-state index < -0.39 is 6.43 Å². The Bertz CT molecular complexity index is 1390. The van der Waals surface area contributed by atoms with E-state index in [0.29, 0.717) is 61.6 Å². The largest absolute Gasteiger partial charge is 0.378 e. The maximum Gasteiger partial charge on any atom is 0.296 e. The Labute approximate surface area is 251 Å². The minimum absolute atomic E-state index is 0.105. The minimum Gasteiger partial charge on any atom is -0.378 e. The zero-order valence-electron chi connectivity index (χ0n) is 24.6. The third kappa shape index (κ3) is 7.30. The quantitative estimate of drug-likeness (QED) is 0.365. The van der Waals surface area contributed by atoms with Gasteiger partial charge in [-0.1, -0.05) is 18.6 Å². The molecule has 232 valence electrons. The zero-order valence-corrected chi connectivity index (χ0v) is 24.6. The van der Waals surface area contributed by atoms with Gasteiger partial charge in [-0.2, -0.15) is 4.98 Å². The predicted octanol–water partition coefficient (Wildman–Crippen LogP) is 3.62. The van der Waals surface area contributed by atoms with Gasteiger partial charge in [0, 0.05) is 50.0 Å². The summed E-state index contributed by atoms with van der Waals surface area (Å²) >= 11 is 0. The number of nitrogens with two attached hydrogens (primary N) is 1. The van der Waals surface area contributed by atoms with E-state index in [1.54, 1.807) is 18.2 Å². The number of carbonyl (C=O) groups excluding carboxylic acids is 1. The number of anilines is 1. The van der Waals surface area contributed by atoms with E-state index in [0.717, 1.165) is 70.2 Å². The number of benzene rings is 1. The molecule has 0 spiro atoms. The van der Waals surface area contributed by atoms with E-state index in [4.69, 9.17) is 20.4 Å². The fourth-order valence-corrected chi connectivity index (χ4v) is 6.70. The van der Waals surface area contributed by atoms with Crippen LogP contribution in [0.4, 0.5) is 14.7 Å². The average Bonchev–Trinajstić information content (AvgIpc) is 3.61. The Hall–Kier alpha value is -3.22. The number of nitrogens with one attached hydrogen (secondary N) is 1. The molecule has 2 saturated heterocycles. The first-order chi connectivity index (χ1) is 20.9. The van der Waals surface area contributed by atoms with Crippen molar-refractivity contribution >= 4 is 22.9 Å². The summed E-state index contributed by atoms with van der Waals surface area (Å²) in [4.78, 5) is 30.6. The van der Waals surface area contributed by atoms with E-state index in [2.05, 4.69) is 20.1 Å². The molecule has 1 atom stereocenters. The number of halogens is 2. The van der Waals surface area contributed by atoms with Crippen LogP contribution < -0.4 is 16.0 Å². The number of imidazole rings is 1. The number of fused-ring (bicyclic) bond motifs is 1. The number of alkyl halides is 2. The van der Waals surface area contributed by atoms with Crippen molar-refractivity contribution in [2.75, 3.05) is 50.8 Å². The molecule has 1 saturated carbocycles. The number of hydrogen-bond donors (Lipinski definition) is 2. The number of rotatable bonds is 10. The van der Waals surface area contributed by atoms with Gasteiger partial charge in [0.25, 0.3) is 6.43 Å². The van der Waals surface area contributed by atoms with Crippen molar-refractivity contribution in [2.24, 2.45) is 11.7 Å². The van der Waals surface area contributed by atoms with Crippen LogP contribution in [0.2, 0.25) is 0 Å². The summed E-state index contributed by atoms with van der Waals surface area (Å²) in [6.45, 7) is 4.60. The summed E-state index contributed by atoms with van der Waals surface area (Å²) in [6.07, 6.45) is 5.14. The molecule has 3 aromatic rings. The molecule has 0 radical (unpaired) electrons. The van der Waals surface area contributed by atoms with Crippen molar-refractivity contribution in [1.82, 2.24) is 29.7 Å². The van der Waals surface area contributed by atoms with Crippen LogP contribution in [-0.4, -0.2) is 88.3 Å². The van der Waals surface area contributed by atoms with Gasteiger partial charge in [0.15, 0.2) is 5.82 Å². The third-order valence-electron chi connectivity index (χ3n) is 8.99. The lowest BCUT2D eigenvalue weighted by Crippen LogP contribution is -2.43. The fourth-order valence-electron chi connectivity index (χ4n) is 6.70. The molecule has 1 aromatic carbocycles. The van der Waals surface area contributed by atoms with Gasteiger partial charge in [0.05, 0.1) is 30.8 Å². The van der Waals surface area contributed by atoms with E-state index >= 15 is 0 Å². The molecule has 2 aromatic heterocycles. The van der Waals surface area contributed by atoms with E-state index in [1.807, 2.05) is 12.1 Å². The molecule has 2 aliphatic heterocycles. The Morgan fingerprint density at radius 3 is 2.58 bits per heavy atom. The van der Waals surface area contributed by atoms with Crippen LogP contribution in [0.5, 0.6) is 0 Å². The lowest BCUT2D eigenvalue weighted by molar-refractivity contribution is -0.123. The Kier molecular flexibility index (Phi) is 9.44. The summed E-state index contributed by atoms with van der Waals surface area (Å²) in [5, 5.41) is 3.23. The maximum atomic E-state index is 14.1. The number of para-hydroxylation sites is 2. The Morgan fingerprint density at radius 1 is 1.05 bits per heavy atom. The summed E-state index contributed by atoms with van der Waals surface area (Å²) in [5.41, 5.74) is 7.92. The number of ether oxygens (including phenoxy) is 1. The van der Waals surface area contributed by atoms with Gasteiger partial charge in [-0.3, -0.25) is 14.3 Å². The number of hydrogen-bond acceptors (Lipinski definition) is 8. The fraction of sp³-hybridized carbons (Fsp3) is 0.613. The van der Waals surface area contributed by atoms with Crippen molar-refractivity contribution in [3.05, 3.63) is 41.9 Å². The number of aromatic nitrogens is 4. The van der Waals surface area contributed by atoms with Gasteiger partial charge in [-0.15, -0.1) is 0 Å². The summed E-state index contributed by atoms with van der Waals surface area (Å²) in [5.74, 6) is 1.36. The molecule has 12 heteroatoms. The third-order valence-corrected chi connectivity index (χ3v) is 8.99. The normalized spacial score (nSPS) is 23.3. The van der Waals surface area contributed by atoms with Crippen molar-refractivity contribution < 1.29 is 18.3 Å². The van der Waals surface area contributed by atoms with Crippen LogP contribution in [0.25, 0.3) is 16.9 Å². The van der Waals surface area contributed by atoms with Gasteiger partial charge in [-0.25, -0.2) is 18.7 Å². The molecule has 0 bridgehead atoms. The SMILES string of the molecule is N[C@H]1CCN(CC(=O)NC2CCC(CCCc3cc(-n4c(C(F)F)nc5ccccc54)nc(N4CCOCC4)n3)CC2)C1. The average molecular weight is 597 g/mol. The molecular weight excluding hydrogens is 554 g/mol. The van der Waals surface area contributed by atoms with Crippen LogP contribution in [0, 0.1) is 5.92 Å². The first kappa shape index (κ1) is 29.8. The van der Waals surface area contributed by atoms with Crippen LogP contribution >= 0.6 is 0 Å². The number of amides is 1. The molecule has 3 fully saturated rings. The minimum atomic E-state index is -2.74. The van der Waals surface area contributed by atoms with Gasteiger partial charge in [0.2, 0.25) is 11.9 Å². The van der Waals surface area contributed by atoms with E-state index in [1.165, 1.54) is 4.57 Å². The molecule has 43 heavy (non-hydrogen) atoms. The highest BCUT2D eigenvalue weighted by Crippen LogP contribution is 2.30. The number of aryl methyl sites for hydroxylation is 1. The summed E-state index contributed by atoms with van der Waals surface area (Å²) < 4.78 is 35.3. The van der Waals surface area contributed by atoms with Gasteiger partial charge in [-0.05, 0) is 63.0 Å². The number of nitrogens with zero attached hydrogens (tertiary/aromatic N) is 6. The van der Waals surface area contributed by atoms with Crippen molar-refractivity contribution in [2.45, 2.75) is 69.9 Å². The second-order valence-corrected chi connectivity index (χ2v) is 12.2. The molecule has 4 heterocycles. The lowest BCUT2D eigenvalue weighted by atomic mass is 9.83. The molecule has 10 nitrogen and oxygen atoms in total. The second-order valence-electron chi connectivity index (χ2n) is 12.2. The molecule has 3 aliphatic rings. The topological polar surface area (TPSA) is 114 Å². The lowest BCUT2D eigenvalue weighted by Gasteiger charge is -2.30. The van der Waals surface area contributed by atoms with Crippen LogP contribution in [0.3, 0.4) is 0 Å². The first-order valence-electron chi connectivity index (χ1n) is 15.7. The monoisotopic (exact) mass is 596 g/mol. The second kappa shape index (κ2) is 13.6. The van der Waals surface area contributed by atoms with Crippen molar-refractivity contribution in [1.29, 1.82) is 0 Å². The molecule has 0 unspecified atom stereocenters. The van der Waals surface area contributed by atoms with Crippen LogP contribution in [0.15, 0.2) is 30.3 Å². The van der Waals surface area contributed by atoms with Crippen molar-refractivity contribution in [3.8, 4) is 5.82 Å². The molecule has 3 N–H and O–H groups in total. The smallest absolute Gasteiger partial charge is 0.296 e. The zero-order chi connectivity index (χ0) is 29.8. The molecule has 1 aliphatic carbocycles. The highest BCUT2D eigenvalue weighted by atomic mass is 19.3. The maximum absolute atomic E-state index is 14.1. The Morgan fingerprint density at radius 2 is 1.84 bits per heavy atom. The van der Waals surface area contributed by atoms with Crippen molar-refractivity contribution in [3.63, 3.8) is 0 Å². The van der Waals surface area contributed by atoms with Crippen LogP contribution in [-0.2, 0) is 16.0 Å². The van der Waals surface area contributed by atoms with E-state index in [-0.39, 0.29) is 23.8 Å². The number of carbonyl (C=O) groups is 1. The number of morpholine rings is 1. The van der Waals surface area contributed by atoms with Crippen LogP contribution in [0.1, 0.15) is 62.9 Å². The summed E-state index contributed by atoms with van der Waals surface area (Å²) in [7, 11) is 0. The number of likely N-dealkylation sites (tertiary alicyclic amines) is 1. The highest BCUT2D eigenvalue weighted by Gasteiger charge is 2.26. The Balaban J connectivity index is 1.09. The molecule has 6 rings (SSSR count). The molecular formula is C31H42F2N8O2. The highest BCUT2D eigenvalue weighted by molar-refractivity contribution is 5.78. The predicted molar refractivity (Wildman–Crippen MR) is 161 cm³/mol. The first-order valence-corrected chi connectivity index (χ1v) is 15.7. The standard InChI is InChI=1S/C31H42F2N8O2/c32-29(33)30-37-25-6-1-2-7-26(25)41(30)27-18-24(36-31(38-27)40-14-16-43-17-15-40)5-3-4-21-8-10-23(11-9-21)35-28(42)20-39-13-12-22(34)19-39/h1-2,6-7,18,21-23,29H,3-5,8-17,19-20,34H2,(H,35,42)/t21?,22-,23?/m0/s1. The molecule has 1 amide bonds. The summed E-state index contributed by atoms with van der Waals surface area (Å²) in [6, 6.07) is 9.43.